The largest absolute Gasteiger partial charge is 0.356 e. The Morgan fingerprint density at radius 1 is 1.40 bits per heavy atom. The van der Waals surface area contributed by atoms with Crippen LogP contribution in [0.1, 0.15) is 47.5 Å². The number of hydrogen-bond acceptors (Lipinski definition) is 1. The van der Waals surface area contributed by atoms with E-state index in [1.807, 2.05) is 0 Å². The first-order chi connectivity index (χ1) is 6.68. The molecular weight excluding hydrogens is 186 g/mol. The van der Waals surface area contributed by atoms with Crippen LogP contribution in [-0.4, -0.2) is 12.5 Å². The number of carbonyl (C=O) groups is 1. The summed E-state index contributed by atoms with van der Waals surface area (Å²) in [6.45, 7) is 15.0. The van der Waals surface area contributed by atoms with E-state index in [0.29, 0.717) is 11.3 Å². The van der Waals surface area contributed by atoms with Gasteiger partial charge in [-0.05, 0) is 24.2 Å². The molecule has 0 heterocycles. The van der Waals surface area contributed by atoms with Crippen LogP contribution < -0.4 is 5.32 Å². The van der Waals surface area contributed by atoms with Gasteiger partial charge in [0.25, 0.3) is 0 Å². The number of amides is 1. The van der Waals surface area contributed by atoms with Crippen LogP contribution in [-0.2, 0) is 4.79 Å². The molecule has 0 atom stereocenters. The second-order valence-corrected chi connectivity index (χ2v) is 5.96. The van der Waals surface area contributed by atoms with Gasteiger partial charge in [0.1, 0.15) is 0 Å². The van der Waals surface area contributed by atoms with Crippen molar-refractivity contribution >= 4 is 5.91 Å². The lowest BCUT2D eigenvalue weighted by atomic mass is 9.81. The van der Waals surface area contributed by atoms with E-state index in [-0.39, 0.29) is 5.91 Å². The van der Waals surface area contributed by atoms with Crippen molar-refractivity contribution in [3.63, 3.8) is 0 Å². The fourth-order valence-corrected chi connectivity index (χ4v) is 1.19. The first kappa shape index (κ1) is 14.2. The molecule has 2 heteroatoms. The Bertz CT molecular complexity index is 211. The van der Waals surface area contributed by atoms with Gasteiger partial charge in [-0.25, -0.2) is 0 Å². The maximum atomic E-state index is 10.4. The minimum Gasteiger partial charge on any atom is -0.356 e. The van der Waals surface area contributed by atoms with Crippen molar-refractivity contribution in [2.45, 2.75) is 47.5 Å². The highest BCUT2D eigenvalue weighted by atomic mass is 16.1. The molecule has 0 unspecified atom stereocenters. The van der Waals surface area contributed by atoms with Crippen molar-refractivity contribution in [2.24, 2.45) is 11.3 Å². The van der Waals surface area contributed by atoms with Gasteiger partial charge in [-0.15, -0.1) is 0 Å². The molecule has 1 aliphatic rings. The summed E-state index contributed by atoms with van der Waals surface area (Å²) in [7, 11) is 0. The lowest BCUT2D eigenvalue weighted by Crippen LogP contribution is -2.31. The van der Waals surface area contributed by atoms with E-state index in [1.165, 1.54) is 5.57 Å². The maximum Gasteiger partial charge on any atom is 0.216 e. The van der Waals surface area contributed by atoms with Gasteiger partial charge in [-0.2, -0.15) is 0 Å². The molecule has 0 spiro atoms. The summed E-state index contributed by atoms with van der Waals surface area (Å²) < 4.78 is 0. The third kappa shape index (κ3) is 11.1. The number of allylic oxidation sites excluding steroid dienone is 1. The number of hydrogen-bond donors (Lipinski definition) is 1. The van der Waals surface area contributed by atoms with Crippen LogP contribution in [0.5, 0.6) is 0 Å². The molecule has 1 saturated carbocycles. The van der Waals surface area contributed by atoms with Crippen LogP contribution in [0.4, 0.5) is 0 Å². The molecule has 0 aliphatic heterocycles. The van der Waals surface area contributed by atoms with Crippen LogP contribution >= 0.6 is 0 Å². The second kappa shape index (κ2) is 5.94. The zero-order chi connectivity index (χ0) is 12.1. The lowest BCUT2D eigenvalue weighted by Gasteiger charge is -2.28. The number of carbonyl (C=O) groups excluding carboxylic acids is 1. The predicted molar refractivity (Wildman–Crippen MR) is 65.7 cm³/mol. The normalized spacial score (nSPS) is 16.2. The summed E-state index contributed by atoms with van der Waals surface area (Å²) >= 11 is 0. The zero-order valence-corrected chi connectivity index (χ0v) is 10.8. The van der Waals surface area contributed by atoms with Gasteiger partial charge in [0.2, 0.25) is 5.91 Å². The van der Waals surface area contributed by atoms with E-state index in [2.05, 4.69) is 39.6 Å². The molecule has 1 fully saturated rings. The Hall–Kier alpha value is -0.790. The Balaban J connectivity index is 0.000000336. The molecule has 0 aromatic carbocycles. The van der Waals surface area contributed by atoms with E-state index in [0.717, 1.165) is 19.4 Å². The average molecular weight is 211 g/mol. The van der Waals surface area contributed by atoms with Crippen LogP contribution in [0.25, 0.3) is 0 Å². The van der Waals surface area contributed by atoms with Crippen molar-refractivity contribution in [1.82, 2.24) is 5.32 Å². The molecule has 1 aliphatic carbocycles. The van der Waals surface area contributed by atoms with Crippen LogP contribution in [0.3, 0.4) is 0 Å². The van der Waals surface area contributed by atoms with E-state index < -0.39 is 0 Å². The van der Waals surface area contributed by atoms with Crippen molar-refractivity contribution in [3.05, 3.63) is 12.2 Å². The maximum absolute atomic E-state index is 10.4. The van der Waals surface area contributed by atoms with Gasteiger partial charge in [-0.1, -0.05) is 39.8 Å². The van der Waals surface area contributed by atoms with Gasteiger partial charge in [-0.3, -0.25) is 4.79 Å². The van der Waals surface area contributed by atoms with Gasteiger partial charge in [0, 0.05) is 13.5 Å². The standard InChI is InChI=1S/C8H13NO.C5H12/c1-6-3-8(4-6)5-9-7(2)10;1-5(2,3)4/h8H,1,3-5H2,2H3,(H,9,10);1-4H3. The molecule has 0 aromatic rings. The lowest BCUT2D eigenvalue weighted by molar-refractivity contribution is -0.119. The minimum absolute atomic E-state index is 0.0671. The van der Waals surface area contributed by atoms with Crippen molar-refractivity contribution in [3.8, 4) is 0 Å². The van der Waals surface area contributed by atoms with E-state index in [9.17, 15) is 4.79 Å². The van der Waals surface area contributed by atoms with Gasteiger partial charge < -0.3 is 5.32 Å². The molecule has 15 heavy (non-hydrogen) atoms. The topological polar surface area (TPSA) is 29.1 Å². The SMILES string of the molecule is C=C1CC(CNC(C)=O)C1.CC(C)(C)C. The quantitative estimate of drug-likeness (QED) is 0.698. The highest BCUT2D eigenvalue weighted by Crippen LogP contribution is 2.30. The predicted octanol–water partition coefficient (Wildman–Crippen LogP) is 3.14. The third-order valence-electron chi connectivity index (χ3n) is 1.79. The van der Waals surface area contributed by atoms with Crippen molar-refractivity contribution in [2.75, 3.05) is 6.54 Å². The smallest absolute Gasteiger partial charge is 0.216 e. The van der Waals surface area contributed by atoms with E-state index in [4.69, 9.17) is 0 Å². The molecule has 1 rings (SSSR count). The third-order valence-corrected chi connectivity index (χ3v) is 1.79. The highest BCUT2D eigenvalue weighted by Gasteiger charge is 2.20. The van der Waals surface area contributed by atoms with Crippen molar-refractivity contribution in [1.29, 1.82) is 0 Å². The van der Waals surface area contributed by atoms with Crippen LogP contribution in [0, 0.1) is 11.3 Å². The highest BCUT2D eigenvalue weighted by molar-refractivity contribution is 5.72. The Labute approximate surface area is 94.1 Å². The van der Waals surface area contributed by atoms with Crippen molar-refractivity contribution < 1.29 is 4.79 Å². The molecule has 1 N–H and O–H groups in total. The molecule has 1 amide bonds. The molecule has 0 saturated heterocycles. The molecule has 88 valence electrons. The van der Waals surface area contributed by atoms with E-state index >= 15 is 0 Å². The van der Waals surface area contributed by atoms with Crippen LogP contribution in [0.2, 0.25) is 0 Å². The zero-order valence-electron chi connectivity index (χ0n) is 10.8. The molecule has 2 nitrogen and oxygen atoms in total. The summed E-state index contributed by atoms with van der Waals surface area (Å²) in [5.74, 6) is 0.730. The summed E-state index contributed by atoms with van der Waals surface area (Å²) in [6, 6.07) is 0. The average Bonchev–Trinajstić information content (AvgIpc) is 1.92. The summed E-state index contributed by atoms with van der Waals surface area (Å²) in [5, 5.41) is 2.79. The molecule has 0 bridgehead atoms. The molecular formula is C13H25NO. The van der Waals surface area contributed by atoms with Crippen LogP contribution in [0.15, 0.2) is 12.2 Å². The number of nitrogens with one attached hydrogen (secondary N) is 1. The van der Waals surface area contributed by atoms with Gasteiger partial charge in [0.05, 0.1) is 0 Å². The van der Waals surface area contributed by atoms with Gasteiger partial charge in [0.15, 0.2) is 0 Å². The summed E-state index contributed by atoms with van der Waals surface area (Å²) in [6.07, 6.45) is 2.19. The summed E-state index contributed by atoms with van der Waals surface area (Å²) in [4.78, 5) is 10.4. The fraction of sp³-hybridized carbons (Fsp3) is 0.769. The first-order valence-electron chi connectivity index (χ1n) is 5.59. The monoisotopic (exact) mass is 211 g/mol. The Morgan fingerprint density at radius 3 is 2.07 bits per heavy atom. The second-order valence-electron chi connectivity index (χ2n) is 5.96. The Kier molecular flexibility index (Phi) is 5.63. The summed E-state index contributed by atoms with van der Waals surface area (Å²) in [5.41, 5.74) is 1.82. The molecule has 0 aromatic heterocycles. The minimum atomic E-state index is 0.0671. The van der Waals surface area contributed by atoms with E-state index in [1.54, 1.807) is 6.92 Å². The van der Waals surface area contributed by atoms with Gasteiger partial charge >= 0.3 is 0 Å². The first-order valence-corrected chi connectivity index (χ1v) is 5.59. The number of rotatable bonds is 2. The Morgan fingerprint density at radius 2 is 1.80 bits per heavy atom. The fourth-order valence-electron chi connectivity index (χ4n) is 1.19. The molecule has 0 radical (unpaired) electrons.